The van der Waals surface area contributed by atoms with Gasteiger partial charge in [0, 0.05) is 18.7 Å². The predicted molar refractivity (Wildman–Crippen MR) is 83.9 cm³/mol. The van der Waals surface area contributed by atoms with E-state index in [1.807, 2.05) is 13.8 Å². The third-order valence-electron chi connectivity index (χ3n) is 3.04. The molecule has 2 N–H and O–H groups in total. The van der Waals surface area contributed by atoms with Gasteiger partial charge in [0.15, 0.2) is 0 Å². The molecule has 0 aliphatic carbocycles. The van der Waals surface area contributed by atoms with Gasteiger partial charge in [0.2, 0.25) is 10.0 Å². The lowest BCUT2D eigenvalue weighted by Gasteiger charge is -2.16. The van der Waals surface area contributed by atoms with Crippen molar-refractivity contribution in [3.63, 3.8) is 0 Å². The van der Waals surface area contributed by atoms with Crippen LogP contribution in [0.25, 0.3) is 0 Å². The first-order chi connectivity index (χ1) is 10.5. The molecule has 10 heteroatoms. The van der Waals surface area contributed by atoms with Crippen LogP contribution in [0.3, 0.4) is 0 Å². The normalized spacial score (nSPS) is 13.0. The number of hydrogen-bond donors (Lipinski definition) is 2. The minimum atomic E-state index is -4.07. The third-order valence-corrected chi connectivity index (χ3v) is 4.95. The molecule has 0 saturated carbocycles. The van der Waals surface area contributed by atoms with Crippen LogP contribution < -0.4 is 4.72 Å². The zero-order chi connectivity index (χ0) is 17.8. The van der Waals surface area contributed by atoms with Crippen LogP contribution in [-0.4, -0.2) is 31.0 Å². The van der Waals surface area contributed by atoms with E-state index in [4.69, 9.17) is 16.7 Å². The van der Waals surface area contributed by atoms with E-state index in [1.165, 1.54) is 0 Å². The molecule has 23 heavy (non-hydrogen) atoms. The van der Waals surface area contributed by atoms with Gasteiger partial charge >= 0.3 is 5.97 Å². The Labute approximate surface area is 138 Å². The largest absolute Gasteiger partial charge is 0.481 e. The van der Waals surface area contributed by atoms with Crippen LogP contribution in [0.4, 0.5) is 5.69 Å². The zero-order valence-corrected chi connectivity index (χ0v) is 14.1. The standard InChI is InChI=1S/C13H17ClN2O6S/c1-8(2)5-9(13(17)18)7-15-23(21,22)12-4-3-10(16(19)20)6-11(12)14/h3-4,6,8-9,15H,5,7H2,1-2H3,(H,17,18). The van der Waals surface area contributed by atoms with E-state index in [9.17, 15) is 23.3 Å². The molecule has 1 aromatic carbocycles. The van der Waals surface area contributed by atoms with Crippen LogP contribution in [0.15, 0.2) is 23.1 Å². The van der Waals surface area contributed by atoms with Crippen molar-refractivity contribution in [3.05, 3.63) is 33.3 Å². The molecular formula is C13H17ClN2O6S. The molecule has 1 aromatic rings. The van der Waals surface area contributed by atoms with Crippen LogP contribution in [0.1, 0.15) is 20.3 Å². The van der Waals surface area contributed by atoms with E-state index in [2.05, 4.69) is 4.72 Å². The first kappa shape index (κ1) is 19.3. The number of carbonyl (C=O) groups is 1. The summed E-state index contributed by atoms with van der Waals surface area (Å²) in [5.74, 6) is -1.89. The zero-order valence-electron chi connectivity index (χ0n) is 12.5. The average molecular weight is 365 g/mol. The van der Waals surface area contributed by atoms with Crippen molar-refractivity contribution in [2.24, 2.45) is 11.8 Å². The van der Waals surface area contributed by atoms with Gasteiger partial charge in [0.05, 0.1) is 15.9 Å². The molecule has 0 amide bonds. The molecule has 0 saturated heterocycles. The van der Waals surface area contributed by atoms with Crippen molar-refractivity contribution >= 4 is 33.3 Å². The molecule has 1 unspecified atom stereocenters. The summed E-state index contributed by atoms with van der Waals surface area (Å²) < 4.78 is 26.6. The van der Waals surface area contributed by atoms with Crippen molar-refractivity contribution in [2.75, 3.05) is 6.54 Å². The molecule has 8 nitrogen and oxygen atoms in total. The number of non-ortho nitro benzene ring substituents is 1. The molecule has 0 spiro atoms. The number of carboxylic acids is 1. The topological polar surface area (TPSA) is 127 Å². The van der Waals surface area contributed by atoms with Gasteiger partial charge < -0.3 is 5.11 Å². The molecule has 0 bridgehead atoms. The third kappa shape index (κ3) is 5.45. The smallest absolute Gasteiger partial charge is 0.307 e. The number of hydrogen-bond acceptors (Lipinski definition) is 5. The maximum absolute atomic E-state index is 12.2. The van der Waals surface area contributed by atoms with E-state index < -0.39 is 26.8 Å². The van der Waals surface area contributed by atoms with Crippen LogP contribution in [0.2, 0.25) is 5.02 Å². The van der Waals surface area contributed by atoms with Crippen LogP contribution >= 0.6 is 11.6 Å². The summed E-state index contributed by atoms with van der Waals surface area (Å²) in [7, 11) is -4.07. The lowest BCUT2D eigenvalue weighted by molar-refractivity contribution is -0.384. The molecule has 0 heterocycles. The van der Waals surface area contributed by atoms with Crippen LogP contribution in [0, 0.1) is 22.0 Å². The number of rotatable bonds is 8. The Bertz CT molecular complexity index is 704. The number of sulfonamides is 1. The minimum Gasteiger partial charge on any atom is -0.481 e. The Hall–Kier alpha value is -1.71. The molecule has 0 radical (unpaired) electrons. The summed E-state index contributed by atoms with van der Waals surface area (Å²) in [6.07, 6.45) is 0.311. The summed E-state index contributed by atoms with van der Waals surface area (Å²) in [6.45, 7) is 3.37. The lowest BCUT2D eigenvalue weighted by atomic mass is 9.98. The van der Waals surface area contributed by atoms with E-state index >= 15 is 0 Å². The number of nitro benzene ring substituents is 1. The summed E-state index contributed by atoms with van der Waals surface area (Å²) in [5, 5.41) is 19.4. The molecule has 0 aromatic heterocycles. The monoisotopic (exact) mass is 364 g/mol. The Balaban J connectivity index is 2.95. The van der Waals surface area contributed by atoms with E-state index in [0.29, 0.717) is 6.42 Å². The Morgan fingerprint density at radius 2 is 2.04 bits per heavy atom. The Morgan fingerprint density at radius 3 is 2.48 bits per heavy atom. The number of halogens is 1. The molecule has 0 aliphatic rings. The predicted octanol–water partition coefficient (Wildman–Crippen LogP) is 2.27. The minimum absolute atomic E-state index is 0.0866. The number of aliphatic carboxylic acids is 1. The second kappa shape index (κ2) is 7.71. The van der Waals surface area contributed by atoms with Gasteiger partial charge in [0.25, 0.3) is 5.69 Å². The summed E-state index contributed by atoms with van der Waals surface area (Å²) in [6, 6.07) is 2.96. The van der Waals surface area contributed by atoms with Gasteiger partial charge in [0.1, 0.15) is 4.90 Å². The molecule has 1 atom stereocenters. The molecule has 128 valence electrons. The molecule has 0 aliphatic heterocycles. The fraction of sp³-hybridized carbons (Fsp3) is 0.462. The van der Waals surface area contributed by atoms with Crippen molar-refractivity contribution in [1.29, 1.82) is 0 Å². The van der Waals surface area contributed by atoms with Crippen LogP contribution in [0.5, 0.6) is 0 Å². The first-order valence-corrected chi connectivity index (χ1v) is 8.57. The second-order valence-corrected chi connectivity index (χ2v) is 7.53. The first-order valence-electron chi connectivity index (χ1n) is 6.71. The number of carboxylic acid groups (broad SMARTS) is 1. The quantitative estimate of drug-likeness (QED) is 0.538. The maximum atomic E-state index is 12.2. The Morgan fingerprint density at radius 1 is 1.43 bits per heavy atom. The van der Waals surface area contributed by atoms with E-state index in [-0.39, 0.29) is 28.1 Å². The molecule has 1 rings (SSSR count). The fourth-order valence-corrected chi connectivity index (χ4v) is 3.57. The SMILES string of the molecule is CC(C)CC(CNS(=O)(=O)c1ccc([N+](=O)[O-])cc1Cl)C(=O)O. The summed E-state index contributed by atoms with van der Waals surface area (Å²) in [4.78, 5) is 20.7. The van der Waals surface area contributed by atoms with Crippen molar-refractivity contribution < 1.29 is 23.2 Å². The number of nitro groups is 1. The number of nitrogens with one attached hydrogen (secondary N) is 1. The van der Waals surface area contributed by atoms with Gasteiger partial charge in [-0.3, -0.25) is 14.9 Å². The lowest BCUT2D eigenvalue weighted by Crippen LogP contribution is -2.33. The molecule has 0 fully saturated rings. The highest BCUT2D eigenvalue weighted by Gasteiger charge is 2.25. The van der Waals surface area contributed by atoms with Gasteiger partial charge in [-0.15, -0.1) is 0 Å². The van der Waals surface area contributed by atoms with E-state index in [0.717, 1.165) is 18.2 Å². The number of benzene rings is 1. The molecular weight excluding hydrogens is 348 g/mol. The van der Waals surface area contributed by atoms with Crippen molar-refractivity contribution in [2.45, 2.75) is 25.2 Å². The van der Waals surface area contributed by atoms with Gasteiger partial charge in [-0.1, -0.05) is 25.4 Å². The highest BCUT2D eigenvalue weighted by Crippen LogP contribution is 2.26. The second-order valence-electron chi connectivity index (χ2n) is 5.39. The fourth-order valence-electron chi connectivity index (χ4n) is 1.95. The van der Waals surface area contributed by atoms with Crippen molar-refractivity contribution in [3.8, 4) is 0 Å². The van der Waals surface area contributed by atoms with Gasteiger partial charge in [-0.2, -0.15) is 0 Å². The highest BCUT2D eigenvalue weighted by atomic mass is 35.5. The number of nitrogens with zero attached hydrogens (tertiary/aromatic N) is 1. The maximum Gasteiger partial charge on any atom is 0.307 e. The summed E-state index contributed by atoms with van der Waals surface area (Å²) >= 11 is 5.78. The van der Waals surface area contributed by atoms with Gasteiger partial charge in [-0.05, 0) is 18.4 Å². The summed E-state index contributed by atoms with van der Waals surface area (Å²) in [5.41, 5.74) is -0.336. The van der Waals surface area contributed by atoms with E-state index in [1.54, 1.807) is 0 Å². The van der Waals surface area contributed by atoms with Crippen molar-refractivity contribution in [1.82, 2.24) is 4.72 Å². The Kier molecular flexibility index (Phi) is 6.48. The van der Waals surface area contributed by atoms with Crippen LogP contribution in [-0.2, 0) is 14.8 Å². The van der Waals surface area contributed by atoms with Gasteiger partial charge in [-0.25, -0.2) is 13.1 Å². The average Bonchev–Trinajstić information content (AvgIpc) is 2.42. The highest BCUT2D eigenvalue weighted by molar-refractivity contribution is 7.89.